The maximum Gasteiger partial charge on any atom is 0.167 e. The van der Waals surface area contributed by atoms with Gasteiger partial charge < -0.3 is 0 Å². The number of fused-ring (bicyclic) bond motifs is 1. The standard InChI is InChI=1S/C20H18O/c1-14-7-8-15(2)19(11-14)13-20(21)18-10-9-16-5-3-4-6-17(16)12-18/h3-12H,13H2,1-2H3. The molecule has 0 atom stereocenters. The molecule has 21 heavy (non-hydrogen) atoms. The van der Waals surface area contributed by atoms with E-state index in [0.29, 0.717) is 6.42 Å². The molecule has 1 nitrogen and oxygen atoms in total. The molecule has 0 fully saturated rings. The van der Waals surface area contributed by atoms with Crippen molar-refractivity contribution in [3.8, 4) is 0 Å². The molecule has 1 heteroatoms. The summed E-state index contributed by atoms with van der Waals surface area (Å²) in [5.41, 5.74) is 4.28. The van der Waals surface area contributed by atoms with E-state index in [0.717, 1.165) is 16.5 Å². The number of ketones is 1. The molecular weight excluding hydrogens is 256 g/mol. The predicted octanol–water partition coefficient (Wildman–Crippen LogP) is 4.88. The second-order valence-electron chi connectivity index (χ2n) is 5.59. The van der Waals surface area contributed by atoms with Gasteiger partial charge in [-0.05, 0) is 41.8 Å². The van der Waals surface area contributed by atoms with Crippen molar-refractivity contribution in [2.75, 3.05) is 0 Å². The predicted molar refractivity (Wildman–Crippen MR) is 87.9 cm³/mol. The van der Waals surface area contributed by atoms with Gasteiger partial charge in [0.15, 0.2) is 5.78 Å². The van der Waals surface area contributed by atoms with Crippen LogP contribution >= 0.6 is 0 Å². The Balaban J connectivity index is 1.91. The highest BCUT2D eigenvalue weighted by molar-refractivity contribution is 6.01. The zero-order chi connectivity index (χ0) is 14.8. The summed E-state index contributed by atoms with van der Waals surface area (Å²) in [4.78, 5) is 12.5. The summed E-state index contributed by atoms with van der Waals surface area (Å²) in [6.07, 6.45) is 0.464. The third kappa shape index (κ3) is 2.87. The molecule has 0 spiro atoms. The van der Waals surface area contributed by atoms with Crippen molar-refractivity contribution in [1.82, 2.24) is 0 Å². The van der Waals surface area contributed by atoms with Gasteiger partial charge in [-0.1, -0.05) is 60.2 Å². The first kappa shape index (κ1) is 13.6. The maximum absolute atomic E-state index is 12.5. The van der Waals surface area contributed by atoms with Crippen molar-refractivity contribution in [2.45, 2.75) is 20.3 Å². The summed E-state index contributed by atoms with van der Waals surface area (Å²) in [6.45, 7) is 4.12. The number of rotatable bonds is 3. The molecule has 0 radical (unpaired) electrons. The summed E-state index contributed by atoms with van der Waals surface area (Å²) in [5.74, 6) is 0.175. The fraction of sp³-hybridized carbons (Fsp3) is 0.150. The molecule has 0 saturated carbocycles. The van der Waals surface area contributed by atoms with Gasteiger partial charge in [-0.2, -0.15) is 0 Å². The van der Waals surface area contributed by atoms with Crippen molar-refractivity contribution in [3.05, 3.63) is 82.9 Å². The minimum absolute atomic E-state index is 0.175. The molecule has 0 aliphatic rings. The van der Waals surface area contributed by atoms with Gasteiger partial charge in [0, 0.05) is 12.0 Å². The Labute approximate surface area is 125 Å². The molecule has 104 valence electrons. The Hall–Kier alpha value is -2.41. The largest absolute Gasteiger partial charge is 0.294 e. The second kappa shape index (κ2) is 5.53. The van der Waals surface area contributed by atoms with E-state index in [1.165, 1.54) is 16.5 Å². The first-order chi connectivity index (χ1) is 10.1. The highest BCUT2D eigenvalue weighted by Gasteiger charge is 2.09. The average molecular weight is 274 g/mol. The molecule has 0 bridgehead atoms. The highest BCUT2D eigenvalue weighted by atomic mass is 16.1. The molecule has 3 aromatic carbocycles. The molecule has 0 aliphatic carbocycles. The normalized spacial score (nSPS) is 10.8. The SMILES string of the molecule is Cc1ccc(C)c(CC(=O)c2ccc3ccccc3c2)c1. The summed E-state index contributed by atoms with van der Waals surface area (Å²) in [6, 6.07) is 20.3. The molecule has 0 aliphatic heterocycles. The van der Waals surface area contributed by atoms with E-state index in [-0.39, 0.29) is 5.78 Å². The maximum atomic E-state index is 12.5. The Morgan fingerprint density at radius 3 is 2.43 bits per heavy atom. The number of Topliss-reactive ketones (excluding diaryl/α,β-unsaturated/α-hetero) is 1. The summed E-state index contributed by atoms with van der Waals surface area (Å²) >= 11 is 0. The van der Waals surface area contributed by atoms with Crippen molar-refractivity contribution >= 4 is 16.6 Å². The van der Waals surface area contributed by atoms with Crippen molar-refractivity contribution in [3.63, 3.8) is 0 Å². The van der Waals surface area contributed by atoms with Crippen LogP contribution in [0.1, 0.15) is 27.0 Å². The Morgan fingerprint density at radius 2 is 1.62 bits per heavy atom. The van der Waals surface area contributed by atoms with Crippen LogP contribution in [0, 0.1) is 13.8 Å². The average Bonchev–Trinajstić information content (AvgIpc) is 2.50. The quantitative estimate of drug-likeness (QED) is 0.622. The van der Waals surface area contributed by atoms with E-state index in [2.05, 4.69) is 38.1 Å². The Kier molecular flexibility index (Phi) is 3.57. The van der Waals surface area contributed by atoms with Crippen LogP contribution in [-0.2, 0) is 6.42 Å². The minimum atomic E-state index is 0.175. The van der Waals surface area contributed by atoms with Gasteiger partial charge in [0.2, 0.25) is 0 Å². The third-order valence-corrected chi connectivity index (χ3v) is 3.93. The van der Waals surface area contributed by atoms with Crippen molar-refractivity contribution in [2.24, 2.45) is 0 Å². The van der Waals surface area contributed by atoms with Crippen LogP contribution in [-0.4, -0.2) is 5.78 Å². The van der Waals surface area contributed by atoms with Crippen LogP contribution in [0.3, 0.4) is 0 Å². The molecule has 0 unspecified atom stereocenters. The van der Waals surface area contributed by atoms with Crippen molar-refractivity contribution in [1.29, 1.82) is 0 Å². The van der Waals surface area contributed by atoms with Crippen molar-refractivity contribution < 1.29 is 4.79 Å². The molecule has 0 aromatic heterocycles. The summed E-state index contributed by atoms with van der Waals surface area (Å²) in [5, 5.41) is 2.28. The lowest BCUT2D eigenvalue weighted by Crippen LogP contribution is -2.05. The van der Waals surface area contributed by atoms with Gasteiger partial charge >= 0.3 is 0 Å². The van der Waals surface area contributed by atoms with E-state index in [4.69, 9.17) is 0 Å². The van der Waals surface area contributed by atoms with Crippen LogP contribution in [0.15, 0.2) is 60.7 Å². The Morgan fingerprint density at radius 1 is 0.857 bits per heavy atom. The number of benzene rings is 3. The smallest absolute Gasteiger partial charge is 0.167 e. The Bertz CT molecular complexity index is 815. The molecular formula is C20H18O. The van der Waals surface area contributed by atoms with Gasteiger partial charge in [-0.3, -0.25) is 4.79 Å². The van der Waals surface area contributed by atoms with Crippen LogP contribution in [0.25, 0.3) is 10.8 Å². The van der Waals surface area contributed by atoms with Gasteiger partial charge in [-0.15, -0.1) is 0 Å². The zero-order valence-electron chi connectivity index (χ0n) is 12.4. The molecule has 0 N–H and O–H groups in total. The summed E-state index contributed by atoms with van der Waals surface area (Å²) < 4.78 is 0. The lowest BCUT2D eigenvalue weighted by Gasteiger charge is -2.07. The van der Waals surface area contributed by atoms with E-state index < -0.39 is 0 Å². The van der Waals surface area contributed by atoms with Crippen LogP contribution < -0.4 is 0 Å². The van der Waals surface area contributed by atoms with E-state index in [9.17, 15) is 4.79 Å². The zero-order valence-corrected chi connectivity index (χ0v) is 12.4. The van der Waals surface area contributed by atoms with E-state index >= 15 is 0 Å². The lowest BCUT2D eigenvalue weighted by atomic mass is 9.96. The second-order valence-corrected chi connectivity index (χ2v) is 5.59. The monoisotopic (exact) mass is 274 g/mol. The molecule has 3 aromatic rings. The van der Waals surface area contributed by atoms with Gasteiger partial charge in [0.25, 0.3) is 0 Å². The molecule has 0 amide bonds. The first-order valence-electron chi connectivity index (χ1n) is 7.21. The van der Waals surface area contributed by atoms with E-state index in [1.54, 1.807) is 0 Å². The third-order valence-electron chi connectivity index (χ3n) is 3.93. The number of aryl methyl sites for hydroxylation is 2. The number of carbonyl (C=O) groups is 1. The van der Waals surface area contributed by atoms with Crippen LogP contribution in [0.4, 0.5) is 0 Å². The number of carbonyl (C=O) groups excluding carboxylic acids is 1. The highest BCUT2D eigenvalue weighted by Crippen LogP contribution is 2.18. The molecule has 3 rings (SSSR count). The van der Waals surface area contributed by atoms with Gasteiger partial charge in [0.1, 0.15) is 0 Å². The number of hydrogen-bond donors (Lipinski definition) is 0. The van der Waals surface area contributed by atoms with E-state index in [1.807, 2.05) is 36.4 Å². The lowest BCUT2D eigenvalue weighted by molar-refractivity contribution is 0.0993. The fourth-order valence-corrected chi connectivity index (χ4v) is 2.63. The molecule has 0 saturated heterocycles. The van der Waals surface area contributed by atoms with Crippen LogP contribution in [0.5, 0.6) is 0 Å². The van der Waals surface area contributed by atoms with Crippen LogP contribution in [0.2, 0.25) is 0 Å². The number of hydrogen-bond acceptors (Lipinski definition) is 1. The topological polar surface area (TPSA) is 17.1 Å². The fourth-order valence-electron chi connectivity index (χ4n) is 2.63. The molecule has 0 heterocycles. The minimum Gasteiger partial charge on any atom is -0.294 e. The van der Waals surface area contributed by atoms with Gasteiger partial charge in [0.05, 0.1) is 0 Å². The van der Waals surface area contributed by atoms with Gasteiger partial charge in [-0.25, -0.2) is 0 Å². The first-order valence-corrected chi connectivity index (χ1v) is 7.21. The summed E-state index contributed by atoms with van der Waals surface area (Å²) in [7, 11) is 0.